The normalized spacial score (nSPS) is 11.3. The lowest BCUT2D eigenvalue weighted by atomic mass is 10.2. The fourth-order valence-corrected chi connectivity index (χ4v) is 4.43. The third kappa shape index (κ3) is 5.93. The smallest absolute Gasteiger partial charge is 0.340 e. The van der Waals surface area contributed by atoms with E-state index in [0.717, 1.165) is 0 Å². The lowest BCUT2D eigenvalue weighted by molar-refractivity contribution is -0.119. The molecule has 2 aromatic carbocycles. The second-order valence-corrected chi connectivity index (χ2v) is 8.64. The standard InChI is InChI=1S/C19H20Cl2N2O5S/c1-3-23(4-2)29(26,27)15-8-6-14(7-9-15)22-18(24)12-28-19(25)16-10-5-13(20)11-17(16)21/h5-11H,3-4,12H2,1-2H3,(H,22,24). The number of esters is 1. The molecule has 0 unspecified atom stereocenters. The monoisotopic (exact) mass is 458 g/mol. The van der Waals surface area contributed by atoms with Crippen LogP contribution in [0.15, 0.2) is 47.4 Å². The Morgan fingerprint density at radius 2 is 1.66 bits per heavy atom. The lowest BCUT2D eigenvalue weighted by Crippen LogP contribution is -2.30. The molecule has 0 aliphatic rings. The van der Waals surface area contributed by atoms with Crippen molar-refractivity contribution in [3.05, 3.63) is 58.1 Å². The Balaban J connectivity index is 1.96. The van der Waals surface area contributed by atoms with Gasteiger partial charge in [0, 0.05) is 23.8 Å². The number of hydrogen-bond acceptors (Lipinski definition) is 5. The Kier molecular flexibility index (Phi) is 8.04. The summed E-state index contributed by atoms with van der Waals surface area (Å²) in [6.45, 7) is 3.71. The van der Waals surface area contributed by atoms with E-state index in [4.69, 9.17) is 27.9 Å². The highest BCUT2D eigenvalue weighted by Gasteiger charge is 2.21. The largest absolute Gasteiger partial charge is 0.452 e. The summed E-state index contributed by atoms with van der Waals surface area (Å²) in [6.07, 6.45) is 0. The van der Waals surface area contributed by atoms with Crippen molar-refractivity contribution in [2.24, 2.45) is 0 Å². The number of halogens is 2. The van der Waals surface area contributed by atoms with Gasteiger partial charge in [-0.15, -0.1) is 0 Å². The molecule has 0 atom stereocenters. The van der Waals surface area contributed by atoms with Crippen LogP contribution in [0.5, 0.6) is 0 Å². The maximum absolute atomic E-state index is 12.5. The number of sulfonamides is 1. The average molecular weight is 459 g/mol. The van der Waals surface area contributed by atoms with E-state index in [1.54, 1.807) is 13.8 Å². The Hall–Kier alpha value is -2.13. The molecule has 0 fully saturated rings. The van der Waals surface area contributed by atoms with Crippen LogP contribution in [0.3, 0.4) is 0 Å². The fraction of sp³-hybridized carbons (Fsp3) is 0.263. The number of benzene rings is 2. The maximum Gasteiger partial charge on any atom is 0.340 e. The number of nitrogens with one attached hydrogen (secondary N) is 1. The van der Waals surface area contributed by atoms with Gasteiger partial charge in [-0.05, 0) is 42.5 Å². The predicted octanol–water partition coefficient (Wildman–Crippen LogP) is 3.82. The zero-order valence-corrected chi connectivity index (χ0v) is 18.1. The van der Waals surface area contributed by atoms with Gasteiger partial charge >= 0.3 is 5.97 Å². The Morgan fingerprint density at radius 1 is 1.03 bits per heavy atom. The van der Waals surface area contributed by atoms with Gasteiger partial charge in [0.05, 0.1) is 15.5 Å². The summed E-state index contributed by atoms with van der Waals surface area (Å²) < 4.78 is 31.2. The summed E-state index contributed by atoms with van der Waals surface area (Å²) >= 11 is 11.7. The van der Waals surface area contributed by atoms with Gasteiger partial charge in [0.1, 0.15) is 0 Å². The summed E-state index contributed by atoms with van der Waals surface area (Å²) in [7, 11) is -3.58. The lowest BCUT2D eigenvalue weighted by Gasteiger charge is -2.18. The van der Waals surface area contributed by atoms with E-state index in [1.165, 1.54) is 46.8 Å². The number of anilines is 1. The predicted molar refractivity (Wildman–Crippen MR) is 112 cm³/mol. The summed E-state index contributed by atoms with van der Waals surface area (Å²) in [5, 5.41) is 3.02. The van der Waals surface area contributed by atoms with Crippen molar-refractivity contribution in [1.29, 1.82) is 0 Å². The second-order valence-electron chi connectivity index (χ2n) is 5.86. The van der Waals surface area contributed by atoms with Gasteiger partial charge in [-0.3, -0.25) is 4.79 Å². The van der Waals surface area contributed by atoms with Crippen LogP contribution in [-0.4, -0.2) is 44.3 Å². The van der Waals surface area contributed by atoms with Crippen molar-refractivity contribution in [1.82, 2.24) is 4.31 Å². The van der Waals surface area contributed by atoms with E-state index in [0.29, 0.717) is 23.8 Å². The van der Waals surface area contributed by atoms with Crippen LogP contribution in [0.4, 0.5) is 5.69 Å². The molecule has 0 aliphatic heterocycles. The molecule has 2 rings (SSSR count). The molecule has 0 aromatic heterocycles. The molecule has 2 aromatic rings. The van der Waals surface area contributed by atoms with Crippen molar-refractivity contribution in [2.75, 3.05) is 25.0 Å². The zero-order valence-electron chi connectivity index (χ0n) is 15.8. The molecular weight excluding hydrogens is 439 g/mol. The molecule has 0 aliphatic carbocycles. The van der Waals surface area contributed by atoms with Gasteiger partial charge in [0.25, 0.3) is 5.91 Å². The van der Waals surface area contributed by atoms with Crippen molar-refractivity contribution in [2.45, 2.75) is 18.7 Å². The third-order valence-electron chi connectivity index (χ3n) is 3.97. The molecule has 0 saturated carbocycles. The van der Waals surface area contributed by atoms with Gasteiger partial charge in [-0.1, -0.05) is 37.0 Å². The minimum Gasteiger partial charge on any atom is -0.452 e. The topological polar surface area (TPSA) is 92.8 Å². The summed E-state index contributed by atoms with van der Waals surface area (Å²) in [4.78, 5) is 24.1. The summed E-state index contributed by atoms with van der Waals surface area (Å²) in [5.41, 5.74) is 0.462. The van der Waals surface area contributed by atoms with Crippen LogP contribution in [0.25, 0.3) is 0 Å². The van der Waals surface area contributed by atoms with Gasteiger partial charge in [0.2, 0.25) is 10.0 Å². The van der Waals surface area contributed by atoms with E-state index >= 15 is 0 Å². The Morgan fingerprint density at radius 3 is 2.21 bits per heavy atom. The van der Waals surface area contributed by atoms with Crippen LogP contribution in [0.1, 0.15) is 24.2 Å². The highest BCUT2D eigenvalue weighted by atomic mass is 35.5. The quantitative estimate of drug-likeness (QED) is 0.606. The summed E-state index contributed by atoms with van der Waals surface area (Å²) in [6, 6.07) is 10.0. The number of hydrogen-bond donors (Lipinski definition) is 1. The highest BCUT2D eigenvalue weighted by Crippen LogP contribution is 2.22. The molecule has 1 amide bonds. The van der Waals surface area contributed by atoms with Crippen molar-refractivity contribution in [3.63, 3.8) is 0 Å². The third-order valence-corrected chi connectivity index (χ3v) is 6.58. The molecule has 0 heterocycles. The van der Waals surface area contributed by atoms with Gasteiger partial charge in [-0.25, -0.2) is 13.2 Å². The SMILES string of the molecule is CCN(CC)S(=O)(=O)c1ccc(NC(=O)COC(=O)c2ccc(Cl)cc2Cl)cc1. The molecule has 0 spiro atoms. The van der Waals surface area contributed by atoms with E-state index in [2.05, 4.69) is 5.32 Å². The first kappa shape index (κ1) is 23.2. The minimum absolute atomic E-state index is 0.0924. The zero-order chi connectivity index (χ0) is 21.6. The van der Waals surface area contributed by atoms with E-state index in [9.17, 15) is 18.0 Å². The van der Waals surface area contributed by atoms with Crippen molar-refractivity contribution < 1.29 is 22.7 Å². The van der Waals surface area contributed by atoms with Crippen molar-refractivity contribution >= 4 is 50.8 Å². The van der Waals surface area contributed by atoms with E-state index in [-0.39, 0.29) is 15.5 Å². The molecule has 0 radical (unpaired) electrons. The highest BCUT2D eigenvalue weighted by molar-refractivity contribution is 7.89. The van der Waals surface area contributed by atoms with E-state index < -0.39 is 28.5 Å². The Bertz CT molecular complexity index is 990. The molecule has 10 heteroatoms. The van der Waals surface area contributed by atoms with Crippen molar-refractivity contribution in [3.8, 4) is 0 Å². The molecule has 0 bridgehead atoms. The average Bonchev–Trinajstić information content (AvgIpc) is 2.67. The van der Waals surface area contributed by atoms with Gasteiger partial charge in [-0.2, -0.15) is 4.31 Å². The number of rotatable bonds is 8. The number of carbonyl (C=O) groups excluding carboxylic acids is 2. The first-order chi connectivity index (χ1) is 13.7. The first-order valence-electron chi connectivity index (χ1n) is 8.71. The van der Waals surface area contributed by atoms with Crippen LogP contribution in [-0.2, 0) is 19.6 Å². The number of amides is 1. The molecule has 1 N–H and O–H groups in total. The molecule has 7 nitrogen and oxygen atoms in total. The fourth-order valence-electron chi connectivity index (χ4n) is 2.48. The van der Waals surface area contributed by atoms with Gasteiger partial charge < -0.3 is 10.1 Å². The number of carbonyl (C=O) groups is 2. The summed E-state index contributed by atoms with van der Waals surface area (Å²) in [5.74, 6) is -1.34. The Labute approximate surface area is 179 Å². The van der Waals surface area contributed by atoms with Gasteiger partial charge in [0.15, 0.2) is 6.61 Å². The van der Waals surface area contributed by atoms with Crippen LogP contribution < -0.4 is 5.32 Å². The van der Waals surface area contributed by atoms with Crippen LogP contribution in [0, 0.1) is 0 Å². The number of ether oxygens (including phenoxy) is 1. The molecule has 29 heavy (non-hydrogen) atoms. The van der Waals surface area contributed by atoms with E-state index in [1.807, 2.05) is 0 Å². The maximum atomic E-state index is 12.5. The van der Waals surface area contributed by atoms with Crippen LogP contribution >= 0.6 is 23.2 Å². The number of nitrogens with zero attached hydrogens (tertiary/aromatic N) is 1. The minimum atomic E-state index is -3.58. The second kappa shape index (κ2) is 10.1. The molecule has 0 saturated heterocycles. The molecule has 156 valence electrons. The first-order valence-corrected chi connectivity index (χ1v) is 10.9. The van der Waals surface area contributed by atoms with Crippen LogP contribution in [0.2, 0.25) is 10.0 Å². The molecular formula is C19H20Cl2N2O5S.